The van der Waals surface area contributed by atoms with Crippen LogP contribution in [0.3, 0.4) is 0 Å². The SMILES string of the molecule is O=C(O)CNS(=O)(=O)c1ccc2c(c1)OCCO2. The minimum absolute atomic E-state index is 0.0620. The summed E-state index contributed by atoms with van der Waals surface area (Å²) < 4.78 is 36.0. The van der Waals surface area contributed by atoms with Crippen LogP contribution in [0.2, 0.25) is 0 Å². The lowest BCUT2D eigenvalue weighted by atomic mass is 10.3. The number of carboxylic acids is 1. The molecule has 0 aliphatic carbocycles. The minimum atomic E-state index is -3.86. The van der Waals surface area contributed by atoms with Crippen molar-refractivity contribution >= 4 is 16.0 Å². The first-order valence-electron chi connectivity index (χ1n) is 5.10. The maximum Gasteiger partial charge on any atom is 0.318 e. The van der Waals surface area contributed by atoms with Gasteiger partial charge in [0.15, 0.2) is 11.5 Å². The zero-order valence-corrected chi connectivity index (χ0v) is 10.1. The zero-order chi connectivity index (χ0) is 13.2. The molecule has 2 N–H and O–H groups in total. The van der Waals surface area contributed by atoms with E-state index < -0.39 is 22.5 Å². The van der Waals surface area contributed by atoms with E-state index in [2.05, 4.69) is 0 Å². The Hall–Kier alpha value is -1.80. The highest BCUT2D eigenvalue weighted by molar-refractivity contribution is 7.89. The average molecular weight is 273 g/mol. The number of hydrogen-bond acceptors (Lipinski definition) is 5. The van der Waals surface area contributed by atoms with Crippen LogP contribution in [0.4, 0.5) is 0 Å². The third kappa shape index (κ3) is 2.71. The van der Waals surface area contributed by atoms with Gasteiger partial charge in [0.2, 0.25) is 10.0 Å². The van der Waals surface area contributed by atoms with E-state index in [0.717, 1.165) is 0 Å². The van der Waals surface area contributed by atoms with Gasteiger partial charge in [-0.1, -0.05) is 0 Å². The van der Waals surface area contributed by atoms with Crippen LogP contribution in [0.15, 0.2) is 23.1 Å². The van der Waals surface area contributed by atoms with Crippen molar-refractivity contribution < 1.29 is 27.8 Å². The van der Waals surface area contributed by atoms with Crippen molar-refractivity contribution in [2.45, 2.75) is 4.90 Å². The largest absolute Gasteiger partial charge is 0.486 e. The molecule has 98 valence electrons. The summed E-state index contributed by atoms with van der Waals surface area (Å²) in [5.41, 5.74) is 0. The molecular formula is C10H11NO6S. The number of carbonyl (C=O) groups is 1. The molecule has 0 atom stereocenters. The van der Waals surface area contributed by atoms with Gasteiger partial charge in [-0.2, -0.15) is 4.72 Å². The van der Waals surface area contributed by atoms with Gasteiger partial charge in [0.1, 0.15) is 19.8 Å². The molecule has 0 aromatic heterocycles. The summed E-state index contributed by atoms with van der Waals surface area (Å²) in [7, 11) is -3.86. The molecule has 0 saturated heterocycles. The Morgan fingerprint density at radius 3 is 2.61 bits per heavy atom. The predicted molar refractivity (Wildman–Crippen MR) is 60.3 cm³/mol. The van der Waals surface area contributed by atoms with Gasteiger partial charge in [-0.25, -0.2) is 8.42 Å². The first-order chi connectivity index (χ1) is 8.49. The number of aliphatic carboxylic acids is 1. The Labute approximate surface area is 103 Å². The van der Waals surface area contributed by atoms with E-state index in [4.69, 9.17) is 14.6 Å². The lowest BCUT2D eigenvalue weighted by Gasteiger charge is -2.18. The molecule has 0 bridgehead atoms. The molecule has 8 heteroatoms. The lowest BCUT2D eigenvalue weighted by molar-refractivity contribution is -0.135. The normalized spacial score (nSPS) is 14.2. The summed E-state index contributed by atoms with van der Waals surface area (Å²) in [6.45, 7) is 0.0895. The third-order valence-electron chi connectivity index (χ3n) is 2.24. The van der Waals surface area contributed by atoms with Crippen molar-refractivity contribution in [2.75, 3.05) is 19.8 Å². The molecule has 2 rings (SSSR count). The fraction of sp³-hybridized carbons (Fsp3) is 0.300. The molecule has 1 aromatic carbocycles. The minimum Gasteiger partial charge on any atom is -0.486 e. The summed E-state index contributed by atoms with van der Waals surface area (Å²) >= 11 is 0. The maximum absolute atomic E-state index is 11.8. The monoisotopic (exact) mass is 273 g/mol. The lowest BCUT2D eigenvalue weighted by Crippen LogP contribution is -2.29. The Kier molecular flexibility index (Phi) is 3.39. The van der Waals surface area contributed by atoms with Crippen molar-refractivity contribution in [1.82, 2.24) is 4.72 Å². The maximum atomic E-state index is 11.8. The van der Waals surface area contributed by atoms with Gasteiger partial charge >= 0.3 is 5.97 Å². The van der Waals surface area contributed by atoms with Crippen molar-refractivity contribution in [3.05, 3.63) is 18.2 Å². The molecule has 1 aliphatic heterocycles. The van der Waals surface area contributed by atoms with Crippen LogP contribution >= 0.6 is 0 Å². The average Bonchev–Trinajstić information content (AvgIpc) is 2.36. The van der Waals surface area contributed by atoms with Crippen LogP contribution in [-0.2, 0) is 14.8 Å². The zero-order valence-electron chi connectivity index (χ0n) is 9.25. The number of ether oxygens (including phenoxy) is 2. The second-order valence-corrected chi connectivity index (χ2v) is 5.29. The van der Waals surface area contributed by atoms with Crippen molar-refractivity contribution in [1.29, 1.82) is 0 Å². The van der Waals surface area contributed by atoms with Crippen LogP contribution in [-0.4, -0.2) is 39.3 Å². The number of benzene rings is 1. The van der Waals surface area contributed by atoms with Crippen LogP contribution in [0.5, 0.6) is 11.5 Å². The van der Waals surface area contributed by atoms with Crippen LogP contribution in [0.25, 0.3) is 0 Å². The summed E-state index contributed by atoms with van der Waals surface area (Å²) in [6, 6.07) is 4.11. The smallest absolute Gasteiger partial charge is 0.318 e. The van der Waals surface area contributed by atoms with Gasteiger partial charge in [-0.3, -0.25) is 4.79 Å². The van der Waals surface area contributed by atoms with Gasteiger partial charge in [-0.05, 0) is 12.1 Å². The van der Waals surface area contributed by atoms with Crippen molar-refractivity contribution in [2.24, 2.45) is 0 Å². The van der Waals surface area contributed by atoms with E-state index in [1.807, 2.05) is 4.72 Å². The molecule has 0 unspecified atom stereocenters. The Morgan fingerprint density at radius 1 is 1.28 bits per heavy atom. The van der Waals surface area contributed by atoms with E-state index >= 15 is 0 Å². The fourth-order valence-electron chi connectivity index (χ4n) is 1.43. The second kappa shape index (κ2) is 4.83. The summed E-state index contributed by atoms with van der Waals surface area (Å²) in [5, 5.41) is 8.44. The molecule has 0 amide bonds. The van der Waals surface area contributed by atoms with Crippen molar-refractivity contribution in [3.8, 4) is 11.5 Å². The molecule has 0 fully saturated rings. The Balaban J connectivity index is 2.25. The van der Waals surface area contributed by atoms with Gasteiger partial charge in [0.25, 0.3) is 0 Å². The fourth-order valence-corrected chi connectivity index (χ4v) is 2.42. The molecule has 1 heterocycles. The standard InChI is InChI=1S/C10H11NO6S/c12-10(13)6-11-18(14,15)7-1-2-8-9(5-7)17-4-3-16-8/h1-2,5,11H,3-4,6H2,(H,12,13). The first-order valence-corrected chi connectivity index (χ1v) is 6.58. The summed E-state index contributed by atoms with van der Waals surface area (Å²) in [5.74, 6) is -0.450. The molecule has 1 aromatic rings. The second-order valence-electron chi connectivity index (χ2n) is 3.52. The van der Waals surface area contributed by atoms with Gasteiger partial charge in [0, 0.05) is 6.07 Å². The Morgan fingerprint density at radius 2 is 1.94 bits per heavy atom. The molecule has 7 nitrogen and oxygen atoms in total. The number of sulfonamides is 1. The van der Waals surface area contributed by atoms with Crippen LogP contribution in [0, 0.1) is 0 Å². The Bertz CT molecular complexity index is 568. The third-order valence-corrected chi connectivity index (χ3v) is 3.64. The highest BCUT2D eigenvalue weighted by atomic mass is 32.2. The molecule has 0 radical (unpaired) electrons. The van der Waals surface area contributed by atoms with Crippen LogP contribution in [0.1, 0.15) is 0 Å². The molecular weight excluding hydrogens is 262 g/mol. The van der Waals surface area contributed by atoms with E-state index in [1.54, 1.807) is 0 Å². The van der Waals surface area contributed by atoms with Gasteiger partial charge in [-0.15, -0.1) is 0 Å². The number of hydrogen-bond donors (Lipinski definition) is 2. The number of nitrogens with one attached hydrogen (secondary N) is 1. The highest BCUT2D eigenvalue weighted by Crippen LogP contribution is 2.31. The van der Waals surface area contributed by atoms with E-state index in [1.165, 1.54) is 18.2 Å². The van der Waals surface area contributed by atoms with Crippen molar-refractivity contribution in [3.63, 3.8) is 0 Å². The summed E-state index contributed by atoms with van der Waals surface area (Å²) in [4.78, 5) is 10.3. The predicted octanol–water partition coefficient (Wildman–Crippen LogP) is -0.179. The number of fused-ring (bicyclic) bond motifs is 1. The van der Waals surface area contributed by atoms with Gasteiger partial charge in [0.05, 0.1) is 4.90 Å². The number of rotatable bonds is 4. The topological polar surface area (TPSA) is 102 Å². The van der Waals surface area contributed by atoms with Gasteiger partial charge < -0.3 is 14.6 Å². The van der Waals surface area contributed by atoms with E-state index in [-0.39, 0.29) is 4.90 Å². The quantitative estimate of drug-likeness (QED) is 0.789. The summed E-state index contributed by atoms with van der Waals surface area (Å²) in [6.07, 6.45) is 0. The van der Waals surface area contributed by atoms with E-state index in [0.29, 0.717) is 24.7 Å². The van der Waals surface area contributed by atoms with E-state index in [9.17, 15) is 13.2 Å². The van der Waals surface area contributed by atoms with Crippen LogP contribution < -0.4 is 14.2 Å². The molecule has 0 saturated carbocycles. The molecule has 0 spiro atoms. The molecule has 1 aliphatic rings. The molecule has 18 heavy (non-hydrogen) atoms. The first kappa shape index (κ1) is 12.7. The highest BCUT2D eigenvalue weighted by Gasteiger charge is 2.19. The number of carboxylic acid groups (broad SMARTS) is 1.